The van der Waals surface area contributed by atoms with Crippen LogP contribution in [0.4, 0.5) is 0 Å². The van der Waals surface area contributed by atoms with Crippen LogP contribution in [0.1, 0.15) is 49.8 Å². The molecule has 1 fully saturated rings. The molecule has 1 aliphatic carbocycles. The second kappa shape index (κ2) is 6.80. The van der Waals surface area contributed by atoms with E-state index < -0.39 is 0 Å². The zero-order valence-electron chi connectivity index (χ0n) is 13.4. The van der Waals surface area contributed by atoms with Gasteiger partial charge in [-0.2, -0.15) is 0 Å². The first-order valence-electron chi connectivity index (χ1n) is 8.45. The van der Waals surface area contributed by atoms with E-state index >= 15 is 0 Å². The average Bonchev–Trinajstić information content (AvgIpc) is 2.55. The Hall–Kier alpha value is -1.06. The summed E-state index contributed by atoms with van der Waals surface area (Å²) in [6.07, 6.45) is 6.33. The summed E-state index contributed by atoms with van der Waals surface area (Å²) in [7, 11) is 1.76. The Kier molecular flexibility index (Phi) is 4.81. The van der Waals surface area contributed by atoms with Gasteiger partial charge in [0.15, 0.2) is 0 Å². The minimum Gasteiger partial charge on any atom is -0.497 e. The molecule has 0 spiro atoms. The summed E-state index contributed by atoms with van der Waals surface area (Å²) in [5, 5.41) is 3.93. The van der Waals surface area contributed by atoms with Gasteiger partial charge in [0.05, 0.1) is 7.11 Å². The van der Waals surface area contributed by atoms with E-state index in [0.29, 0.717) is 12.1 Å². The lowest BCUT2D eigenvalue weighted by atomic mass is 9.86. The maximum Gasteiger partial charge on any atom is 0.119 e. The fraction of sp³-hybridized carbons (Fsp3) is 0.667. The molecule has 1 aromatic rings. The van der Waals surface area contributed by atoms with E-state index in [-0.39, 0.29) is 0 Å². The number of hydrogen-bond acceptors (Lipinski definition) is 3. The van der Waals surface area contributed by atoms with Gasteiger partial charge in [-0.25, -0.2) is 0 Å². The van der Waals surface area contributed by atoms with E-state index in [1.807, 2.05) is 0 Å². The number of nitrogens with one attached hydrogen (secondary N) is 1. The van der Waals surface area contributed by atoms with Crippen LogP contribution in [0.15, 0.2) is 18.2 Å². The highest BCUT2D eigenvalue weighted by Crippen LogP contribution is 2.33. The lowest BCUT2D eigenvalue weighted by Gasteiger charge is -2.36. The number of likely N-dealkylation sites (tertiary alicyclic amines) is 1. The summed E-state index contributed by atoms with van der Waals surface area (Å²) in [6.45, 7) is 5.94. The second-order valence-electron chi connectivity index (χ2n) is 6.38. The maximum atomic E-state index is 5.41. The molecule has 1 saturated heterocycles. The van der Waals surface area contributed by atoms with Gasteiger partial charge in [-0.05, 0) is 75.0 Å². The first-order chi connectivity index (χ1) is 10.3. The van der Waals surface area contributed by atoms with Crippen molar-refractivity contribution >= 4 is 0 Å². The molecule has 3 nitrogen and oxygen atoms in total. The predicted molar refractivity (Wildman–Crippen MR) is 86.9 cm³/mol. The van der Waals surface area contributed by atoms with Crippen LogP contribution >= 0.6 is 0 Å². The number of fused-ring (bicyclic) bond motifs is 1. The largest absolute Gasteiger partial charge is 0.497 e. The Morgan fingerprint density at radius 1 is 1.24 bits per heavy atom. The molecule has 1 aromatic carbocycles. The van der Waals surface area contributed by atoms with Gasteiger partial charge in [0, 0.05) is 12.1 Å². The zero-order valence-corrected chi connectivity index (χ0v) is 13.4. The van der Waals surface area contributed by atoms with Crippen molar-refractivity contribution in [2.45, 2.75) is 51.1 Å². The number of nitrogens with zero attached hydrogens (tertiary/aromatic N) is 1. The maximum absolute atomic E-state index is 5.41. The molecule has 116 valence electrons. The van der Waals surface area contributed by atoms with Crippen molar-refractivity contribution in [1.82, 2.24) is 10.2 Å². The van der Waals surface area contributed by atoms with Gasteiger partial charge in [0.1, 0.15) is 5.75 Å². The highest BCUT2D eigenvalue weighted by Gasteiger charge is 2.25. The molecule has 3 rings (SSSR count). The molecular weight excluding hydrogens is 260 g/mol. The van der Waals surface area contributed by atoms with Gasteiger partial charge in [-0.1, -0.05) is 13.0 Å². The minimum absolute atomic E-state index is 0.516. The number of methoxy groups -OCH3 is 1. The summed E-state index contributed by atoms with van der Waals surface area (Å²) >= 11 is 0. The summed E-state index contributed by atoms with van der Waals surface area (Å²) in [4.78, 5) is 2.55. The molecule has 1 N–H and O–H groups in total. The van der Waals surface area contributed by atoms with Gasteiger partial charge < -0.3 is 15.0 Å². The van der Waals surface area contributed by atoms with Crippen molar-refractivity contribution in [3.8, 4) is 5.75 Å². The van der Waals surface area contributed by atoms with Crippen LogP contribution in [0.2, 0.25) is 0 Å². The monoisotopic (exact) mass is 288 g/mol. The quantitative estimate of drug-likeness (QED) is 0.921. The van der Waals surface area contributed by atoms with Crippen LogP contribution in [-0.2, 0) is 6.42 Å². The zero-order chi connectivity index (χ0) is 14.7. The van der Waals surface area contributed by atoms with Crippen LogP contribution in [0.25, 0.3) is 0 Å². The van der Waals surface area contributed by atoms with E-state index in [1.165, 1.54) is 62.9 Å². The third-order valence-corrected chi connectivity index (χ3v) is 5.14. The first kappa shape index (κ1) is 14.9. The molecule has 0 amide bonds. The third-order valence-electron chi connectivity index (χ3n) is 5.14. The Bertz CT molecular complexity index is 466. The minimum atomic E-state index is 0.516. The smallest absolute Gasteiger partial charge is 0.119 e. The van der Waals surface area contributed by atoms with E-state index in [4.69, 9.17) is 4.74 Å². The van der Waals surface area contributed by atoms with Crippen LogP contribution < -0.4 is 10.1 Å². The van der Waals surface area contributed by atoms with Crippen LogP contribution in [0.3, 0.4) is 0 Å². The molecule has 1 atom stereocenters. The van der Waals surface area contributed by atoms with Gasteiger partial charge >= 0.3 is 0 Å². The van der Waals surface area contributed by atoms with Crippen LogP contribution in [0, 0.1) is 0 Å². The van der Waals surface area contributed by atoms with Gasteiger partial charge in [0.25, 0.3) is 0 Å². The highest BCUT2D eigenvalue weighted by molar-refractivity contribution is 5.39. The second-order valence-corrected chi connectivity index (χ2v) is 6.38. The van der Waals surface area contributed by atoms with Gasteiger partial charge in [0.2, 0.25) is 0 Å². The van der Waals surface area contributed by atoms with E-state index in [2.05, 4.69) is 35.3 Å². The fourth-order valence-electron chi connectivity index (χ4n) is 3.78. The SMILES string of the molecule is CCN1CCC(NC2CCCc3ccc(OC)cc32)CC1. The molecule has 1 heterocycles. The molecule has 0 saturated carbocycles. The molecule has 1 aliphatic heterocycles. The van der Waals surface area contributed by atoms with Crippen molar-refractivity contribution in [3.05, 3.63) is 29.3 Å². The van der Waals surface area contributed by atoms with E-state index in [0.717, 1.165) is 5.75 Å². The Morgan fingerprint density at radius 2 is 2.05 bits per heavy atom. The molecule has 0 aromatic heterocycles. The van der Waals surface area contributed by atoms with Crippen molar-refractivity contribution in [3.63, 3.8) is 0 Å². The van der Waals surface area contributed by atoms with Crippen molar-refractivity contribution in [2.24, 2.45) is 0 Å². The summed E-state index contributed by atoms with van der Waals surface area (Å²) in [5.41, 5.74) is 2.98. The Labute approximate surface area is 128 Å². The van der Waals surface area contributed by atoms with Gasteiger partial charge in [-0.15, -0.1) is 0 Å². The number of aryl methyl sites for hydroxylation is 1. The summed E-state index contributed by atoms with van der Waals surface area (Å²) in [5.74, 6) is 0.989. The molecular formula is C18H28N2O. The number of rotatable bonds is 4. The topological polar surface area (TPSA) is 24.5 Å². The summed E-state index contributed by atoms with van der Waals surface area (Å²) < 4.78 is 5.41. The van der Waals surface area contributed by atoms with Crippen molar-refractivity contribution in [2.75, 3.05) is 26.7 Å². The summed E-state index contributed by atoms with van der Waals surface area (Å²) in [6, 6.07) is 7.78. The Balaban J connectivity index is 1.67. The molecule has 3 heteroatoms. The molecule has 2 aliphatic rings. The van der Waals surface area contributed by atoms with Gasteiger partial charge in [-0.3, -0.25) is 0 Å². The van der Waals surface area contributed by atoms with Crippen molar-refractivity contribution in [1.29, 1.82) is 0 Å². The lowest BCUT2D eigenvalue weighted by Crippen LogP contribution is -2.44. The first-order valence-corrected chi connectivity index (χ1v) is 8.45. The molecule has 0 radical (unpaired) electrons. The van der Waals surface area contributed by atoms with E-state index in [1.54, 1.807) is 7.11 Å². The highest BCUT2D eigenvalue weighted by atomic mass is 16.5. The number of hydrogen-bond donors (Lipinski definition) is 1. The van der Waals surface area contributed by atoms with Crippen molar-refractivity contribution < 1.29 is 4.74 Å². The molecule has 0 bridgehead atoms. The number of benzene rings is 1. The standard InChI is InChI=1S/C18H28N2O/c1-3-20-11-9-15(10-12-20)19-18-6-4-5-14-7-8-16(21-2)13-17(14)18/h7-8,13,15,18-19H,3-6,9-12H2,1-2H3. The average molecular weight is 288 g/mol. The normalized spacial score (nSPS) is 23.8. The van der Waals surface area contributed by atoms with E-state index in [9.17, 15) is 0 Å². The number of ether oxygens (including phenoxy) is 1. The third kappa shape index (κ3) is 3.41. The van der Waals surface area contributed by atoms with Crippen LogP contribution in [0.5, 0.6) is 5.75 Å². The molecule has 1 unspecified atom stereocenters. The predicted octanol–water partition coefficient (Wildman–Crippen LogP) is 3.15. The van der Waals surface area contributed by atoms with Crippen LogP contribution in [-0.4, -0.2) is 37.7 Å². The molecule has 21 heavy (non-hydrogen) atoms. The number of piperidine rings is 1. The Morgan fingerprint density at radius 3 is 2.76 bits per heavy atom. The fourth-order valence-corrected chi connectivity index (χ4v) is 3.78. The lowest BCUT2D eigenvalue weighted by molar-refractivity contribution is 0.196.